The minimum atomic E-state index is -0.692. The number of nitrogens with zero attached hydrogens (tertiary/aromatic N) is 1. The number of imide groups is 1. The summed E-state index contributed by atoms with van der Waals surface area (Å²) in [6.45, 7) is 0.475. The zero-order valence-electron chi connectivity index (χ0n) is 17.6. The largest absolute Gasteiger partial charge is 0.352 e. The van der Waals surface area contributed by atoms with E-state index >= 15 is 0 Å². The van der Waals surface area contributed by atoms with Crippen molar-refractivity contribution < 1.29 is 14.4 Å². The Hall–Kier alpha value is -3.32. The molecule has 3 aromatic carbocycles. The average molecular weight is 515 g/mol. The number of rotatable bonds is 7. The second-order valence-corrected chi connectivity index (χ2v) is 8.62. The summed E-state index contributed by atoms with van der Waals surface area (Å²) >= 11 is 18.1. The number of amides is 3. The average Bonchev–Trinajstić information content (AvgIpc) is 3.05. The van der Waals surface area contributed by atoms with E-state index in [1.165, 1.54) is 18.2 Å². The molecule has 0 atom stereocenters. The second kappa shape index (κ2) is 10.3. The normalized spacial score (nSPS) is 13.4. The number of nitrogens with one attached hydrogen (secondary N) is 2. The van der Waals surface area contributed by atoms with E-state index in [4.69, 9.17) is 34.8 Å². The van der Waals surface area contributed by atoms with Crippen LogP contribution >= 0.6 is 34.8 Å². The quantitative estimate of drug-likeness (QED) is 0.414. The van der Waals surface area contributed by atoms with Gasteiger partial charge in [0, 0.05) is 17.8 Å². The van der Waals surface area contributed by atoms with Gasteiger partial charge < -0.3 is 10.6 Å². The van der Waals surface area contributed by atoms with Crippen LogP contribution in [0.25, 0.3) is 0 Å². The fourth-order valence-corrected chi connectivity index (χ4v) is 3.92. The number of carbonyl (C=O) groups excluding carboxylic acids is 3. The summed E-state index contributed by atoms with van der Waals surface area (Å²) in [4.78, 5) is 39.1. The molecule has 3 aromatic rings. The van der Waals surface area contributed by atoms with Crippen LogP contribution in [0.1, 0.15) is 15.9 Å². The number of halogens is 3. The van der Waals surface area contributed by atoms with E-state index in [2.05, 4.69) is 10.6 Å². The van der Waals surface area contributed by atoms with Crippen LogP contribution in [0.2, 0.25) is 10.0 Å². The highest BCUT2D eigenvalue weighted by Gasteiger charge is 2.39. The topological polar surface area (TPSA) is 78.5 Å². The Labute approximate surface area is 211 Å². The summed E-state index contributed by atoms with van der Waals surface area (Å²) in [5.74, 6) is -1.60. The Bertz CT molecular complexity index is 1310. The van der Waals surface area contributed by atoms with E-state index in [-0.39, 0.29) is 27.3 Å². The summed E-state index contributed by atoms with van der Waals surface area (Å²) in [5, 5.41) is 5.96. The van der Waals surface area contributed by atoms with Crippen molar-refractivity contribution in [3.8, 4) is 0 Å². The molecule has 4 rings (SSSR count). The zero-order valence-corrected chi connectivity index (χ0v) is 19.9. The maximum absolute atomic E-state index is 13.0. The number of benzene rings is 3. The molecule has 1 aliphatic heterocycles. The molecule has 0 aromatic heterocycles. The standard InChI is InChI=1S/C25H18Cl3N3O3/c26-19-10-9-18(14-20(19)27)31-24(33)21(28)22(25(31)34)30-17-8-4-7-16(13-17)23(32)29-12-11-15-5-2-1-3-6-15/h1-10,13-14,30H,11-12H2,(H,29,32). The summed E-state index contributed by atoms with van der Waals surface area (Å²) in [6, 6.07) is 20.8. The molecule has 0 saturated carbocycles. The Kier molecular flexibility index (Phi) is 7.22. The predicted octanol–water partition coefficient (Wildman–Crippen LogP) is 5.40. The van der Waals surface area contributed by atoms with Gasteiger partial charge in [0.1, 0.15) is 10.7 Å². The molecule has 0 fully saturated rings. The minimum Gasteiger partial charge on any atom is -0.352 e. The monoisotopic (exact) mass is 513 g/mol. The lowest BCUT2D eigenvalue weighted by molar-refractivity contribution is -0.120. The third-order valence-electron chi connectivity index (χ3n) is 5.12. The number of hydrogen-bond acceptors (Lipinski definition) is 4. The van der Waals surface area contributed by atoms with Crippen LogP contribution in [0.15, 0.2) is 83.5 Å². The van der Waals surface area contributed by atoms with Crippen LogP contribution in [0, 0.1) is 0 Å². The van der Waals surface area contributed by atoms with Gasteiger partial charge in [-0.25, -0.2) is 4.90 Å². The molecule has 0 aliphatic carbocycles. The van der Waals surface area contributed by atoms with Crippen LogP contribution in [0.3, 0.4) is 0 Å². The molecule has 0 bridgehead atoms. The first-order valence-corrected chi connectivity index (χ1v) is 11.4. The lowest BCUT2D eigenvalue weighted by Gasteiger charge is -2.16. The van der Waals surface area contributed by atoms with Crippen LogP contribution in [-0.2, 0) is 16.0 Å². The van der Waals surface area contributed by atoms with E-state index < -0.39 is 11.8 Å². The highest BCUT2D eigenvalue weighted by Crippen LogP contribution is 2.33. The van der Waals surface area contributed by atoms with Gasteiger partial charge in [-0.1, -0.05) is 71.2 Å². The first-order valence-electron chi connectivity index (χ1n) is 10.3. The highest BCUT2D eigenvalue weighted by atomic mass is 35.5. The zero-order chi connectivity index (χ0) is 24.2. The summed E-state index contributed by atoms with van der Waals surface area (Å²) in [7, 11) is 0. The molecule has 172 valence electrons. The number of carbonyl (C=O) groups is 3. The van der Waals surface area contributed by atoms with Gasteiger partial charge in [0.15, 0.2) is 0 Å². The van der Waals surface area contributed by atoms with Gasteiger partial charge in [-0.3, -0.25) is 14.4 Å². The lowest BCUT2D eigenvalue weighted by atomic mass is 10.1. The molecule has 0 saturated heterocycles. The van der Waals surface area contributed by atoms with E-state index in [9.17, 15) is 14.4 Å². The van der Waals surface area contributed by atoms with E-state index in [1.807, 2.05) is 30.3 Å². The van der Waals surface area contributed by atoms with Crippen LogP contribution in [0.4, 0.5) is 11.4 Å². The molecule has 6 nitrogen and oxygen atoms in total. The van der Waals surface area contributed by atoms with Gasteiger partial charge in [0.2, 0.25) is 0 Å². The molecule has 3 amide bonds. The fraction of sp³-hybridized carbons (Fsp3) is 0.0800. The molecule has 0 spiro atoms. The molecule has 2 N–H and O–H groups in total. The van der Waals surface area contributed by atoms with Crippen LogP contribution < -0.4 is 15.5 Å². The first kappa shape index (κ1) is 23.8. The molecule has 34 heavy (non-hydrogen) atoms. The minimum absolute atomic E-state index is 0.0978. The fourth-order valence-electron chi connectivity index (χ4n) is 3.42. The van der Waals surface area contributed by atoms with Gasteiger partial charge in [-0.2, -0.15) is 0 Å². The number of anilines is 2. The molecule has 0 radical (unpaired) electrons. The van der Waals surface area contributed by atoms with Crippen molar-refractivity contribution in [2.75, 3.05) is 16.8 Å². The predicted molar refractivity (Wildman–Crippen MR) is 134 cm³/mol. The third kappa shape index (κ3) is 5.09. The smallest absolute Gasteiger partial charge is 0.283 e. The Balaban J connectivity index is 1.45. The Morgan fingerprint density at radius 1 is 0.824 bits per heavy atom. The summed E-state index contributed by atoms with van der Waals surface area (Å²) < 4.78 is 0. The van der Waals surface area contributed by atoms with Gasteiger partial charge in [-0.15, -0.1) is 0 Å². The van der Waals surface area contributed by atoms with Crippen molar-refractivity contribution in [1.29, 1.82) is 0 Å². The van der Waals surface area contributed by atoms with E-state index in [1.54, 1.807) is 24.3 Å². The molecule has 1 aliphatic rings. The molecular weight excluding hydrogens is 497 g/mol. The van der Waals surface area contributed by atoms with E-state index in [0.29, 0.717) is 29.2 Å². The highest BCUT2D eigenvalue weighted by molar-refractivity contribution is 6.53. The second-order valence-electron chi connectivity index (χ2n) is 7.43. The van der Waals surface area contributed by atoms with Crippen molar-refractivity contribution in [2.45, 2.75) is 6.42 Å². The first-order chi connectivity index (χ1) is 16.3. The third-order valence-corrected chi connectivity index (χ3v) is 6.21. The van der Waals surface area contributed by atoms with Crippen molar-refractivity contribution in [3.05, 3.63) is 105 Å². The van der Waals surface area contributed by atoms with Gasteiger partial charge in [0.25, 0.3) is 17.7 Å². The molecule has 0 unspecified atom stereocenters. The molecule has 1 heterocycles. The lowest BCUT2D eigenvalue weighted by Crippen LogP contribution is -2.32. The molecular formula is C25H18Cl3N3O3. The van der Waals surface area contributed by atoms with Gasteiger partial charge in [0.05, 0.1) is 15.7 Å². The van der Waals surface area contributed by atoms with E-state index in [0.717, 1.165) is 10.5 Å². The van der Waals surface area contributed by atoms with Crippen molar-refractivity contribution in [1.82, 2.24) is 5.32 Å². The molecule has 9 heteroatoms. The van der Waals surface area contributed by atoms with Crippen LogP contribution in [-0.4, -0.2) is 24.3 Å². The Morgan fingerprint density at radius 3 is 2.32 bits per heavy atom. The van der Waals surface area contributed by atoms with Gasteiger partial charge in [-0.05, 0) is 48.4 Å². The van der Waals surface area contributed by atoms with Crippen molar-refractivity contribution in [2.24, 2.45) is 0 Å². The van der Waals surface area contributed by atoms with Gasteiger partial charge >= 0.3 is 0 Å². The maximum Gasteiger partial charge on any atom is 0.283 e. The maximum atomic E-state index is 13.0. The van der Waals surface area contributed by atoms with Crippen molar-refractivity contribution in [3.63, 3.8) is 0 Å². The SMILES string of the molecule is O=C(NCCc1ccccc1)c1cccc(NC2=C(Cl)C(=O)N(c3ccc(Cl)c(Cl)c3)C2=O)c1. The Morgan fingerprint density at radius 2 is 1.59 bits per heavy atom. The summed E-state index contributed by atoms with van der Waals surface area (Å²) in [5.41, 5.74) is 2.09. The number of hydrogen-bond donors (Lipinski definition) is 2. The summed E-state index contributed by atoms with van der Waals surface area (Å²) in [6.07, 6.45) is 0.703. The van der Waals surface area contributed by atoms with Crippen molar-refractivity contribution >= 4 is 63.9 Å². The van der Waals surface area contributed by atoms with Crippen LogP contribution in [0.5, 0.6) is 0 Å².